The van der Waals surface area contributed by atoms with E-state index in [-0.39, 0.29) is 0 Å². The number of aromatic nitrogens is 1. The molecule has 0 aliphatic carbocycles. The second-order valence-corrected chi connectivity index (χ2v) is 2.38. The summed E-state index contributed by atoms with van der Waals surface area (Å²) in [5, 5.41) is 8.65. The summed E-state index contributed by atoms with van der Waals surface area (Å²) in [5.41, 5.74) is -0.604. The highest BCUT2D eigenvalue weighted by atomic mass is 19.4. The molecule has 0 fully saturated rings. The van der Waals surface area contributed by atoms with Crippen molar-refractivity contribution in [3.63, 3.8) is 0 Å². The van der Waals surface area contributed by atoms with Crippen LogP contribution in [0.2, 0.25) is 0 Å². The SMILES string of the molecule is O[C@H](c1cncc(F)c1)C(F)(F)F. The summed E-state index contributed by atoms with van der Waals surface area (Å²) in [6.45, 7) is 0. The lowest BCUT2D eigenvalue weighted by Crippen LogP contribution is -2.20. The highest BCUT2D eigenvalue weighted by molar-refractivity contribution is 5.14. The van der Waals surface area contributed by atoms with Gasteiger partial charge in [-0.25, -0.2) is 4.39 Å². The van der Waals surface area contributed by atoms with Gasteiger partial charge >= 0.3 is 6.18 Å². The molecular weight excluding hydrogens is 190 g/mol. The maximum Gasteiger partial charge on any atom is 0.418 e. The maximum absolute atomic E-state index is 12.4. The molecule has 1 aromatic heterocycles. The minimum Gasteiger partial charge on any atom is -0.379 e. The van der Waals surface area contributed by atoms with Gasteiger partial charge in [-0.3, -0.25) is 4.98 Å². The molecule has 1 aromatic rings. The Kier molecular flexibility index (Phi) is 2.51. The van der Waals surface area contributed by atoms with E-state index in [1.165, 1.54) is 0 Å². The Balaban J connectivity index is 2.96. The van der Waals surface area contributed by atoms with Gasteiger partial charge in [-0.05, 0) is 6.07 Å². The molecule has 0 saturated carbocycles. The lowest BCUT2D eigenvalue weighted by Gasteiger charge is -2.13. The zero-order valence-corrected chi connectivity index (χ0v) is 6.22. The first-order chi connectivity index (χ1) is 5.91. The number of aliphatic hydroxyl groups excluding tert-OH is 1. The van der Waals surface area contributed by atoms with Crippen molar-refractivity contribution in [2.24, 2.45) is 0 Å². The van der Waals surface area contributed by atoms with Crippen molar-refractivity contribution in [3.05, 3.63) is 29.8 Å². The quantitative estimate of drug-likeness (QED) is 0.693. The van der Waals surface area contributed by atoms with Crippen LogP contribution in [-0.4, -0.2) is 16.3 Å². The van der Waals surface area contributed by atoms with Crippen LogP contribution in [0.4, 0.5) is 17.6 Å². The summed E-state index contributed by atoms with van der Waals surface area (Å²) in [6, 6.07) is 0.588. The number of pyridine rings is 1. The van der Waals surface area contributed by atoms with Gasteiger partial charge < -0.3 is 5.11 Å². The van der Waals surface area contributed by atoms with Crippen LogP contribution in [0, 0.1) is 5.82 Å². The standard InChI is InChI=1S/C7H5F4NO/c8-5-1-4(2-12-3-5)6(13)7(9,10)11/h1-3,6,13H/t6-/m1/s1. The van der Waals surface area contributed by atoms with Gasteiger partial charge in [0.2, 0.25) is 0 Å². The molecule has 6 heteroatoms. The molecule has 1 N–H and O–H groups in total. The smallest absolute Gasteiger partial charge is 0.379 e. The topological polar surface area (TPSA) is 33.1 Å². The number of alkyl halides is 3. The second-order valence-electron chi connectivity index (χ2n) is 2.38. The minimum atomic E-state index is -4.80. The van der Waals surface area contributed by atoms with E-state index < -0.39 is 23.7 Å². The third-order valence-electron chi connectivity index (χ3n) is 1.35. The van der Waals surface area contributed by atoms with Gasteiger partial charge in [0, 0.05) is 11.8 Å². The van der Waals surface area contributed by atoms with Crippen LogP contribution in [-0.2, 0) is 0 Å². The van der Waals surface area contributed by atoms with Gasteiger partial charge in [-0.15, -0.1) is 0 Å². The van der Waals surface area contributed by atoms with E-state index in [4.69, 9.17) is 5.11 Å². The third kappa shape index (κ3) is 2.38. The summed E-state index contributed by atoms with van der Waals surface area (Å²) in [4.78, 5) is 3.18. The first-order valence-electron chi connectivity index (χ1n) is 3.26. The van der Waals surface area contributed by atoms with Gasteiger partial charge in [-0.2, -0.15) is 13.2 Å². The molecule has 1 rings (SSSR count). The summed E-state index contributed by atoms with van der Waals surface area (Å²) in [6.07, 6.45) is -5.96. The molecule has 0 radical (unpaired) electrons. The van der Waals surface area contributed by atoms with Crippen LogP contribution in [0.15, 0.2) is 18.5 Å². The fourth-order valence-corrected chi connectivity index (χ4v) is 0.767. The van der Waals surface area contributed by atoms with Gasteiger partial charge in [-0.1, -0.05) is 0 Å². The Labute approximate surface area is 70.8 Å². The molecule has 0 aliphatic rings. The summed E-state index contributed by atoms with van der Waals surface area (Å²) in [7, 11) is 0. The maximum atomic E-state index is 12.4. The van der Waals surface area contributed by atoms with E-state index >= 15 is 0 Å². The Morgan fingerprint density at radius 3 is 2.38 bits per heavy atom. The highest BCUT2D eigenvalue weighted by Crippen LogP contribution is 2.31. The molecule has 0 aliphatic heterocycles. The molecule has 0 aromatic carbocycles. The van der Waals surface area contributed by atoms with Crippen LogP contribution < -0.4 is 0 Å². The van der Waals surface area contributed by atoms with Crippen molar-refractivity contribution in [2.75, 3.05) is 0 Å². The number of hydrogen-bond acceptors (Lipinski definition) is 2. The Morgan fingerprint density at radius 1 is 1.31 bits per heavy atom. The van der Waals surface area contributed by atoms with Gasteiger partial charge in [0.15, 0.2) is 6.10 Å². The zero-order valence-electron chi connectivity index (χ0n) is 6.22. The van der Waals surface area contributed by atoms with E-state index in [2.05, 4.69) is 4.98 Å². The molecule has 0 spiro atoms. The van der Waals surface area contributed by atoms with E-state index in [1.54, 1.807) is 0 Å². The molecule has 0 bridgehead atoms. The Morgan fingerprint density at radius 2 is 1.92 bits per heavy atom. The van der Waals surface area contributed by atoms with E-state index in [1.807, 2.05) is 0 Å². The predicted molar refractivity (Wildman–Crippen MR) is 35.2 cm³/mol. The molecular formula is C7H5F4NO. The van der Waals surface area contributed by atoms with E-state index in [0.717, 1.165) is 12.4 Å². The van der Waals surface area contributed by atoms with Gasteiger partial charge in [0.05, 0.1) is 6.20 Å². The monoisotopic (exact) mass is 195 g/mol. The number of halogens is 4. The second kappa shape index (κ2) is 3.29. The minimum absolute atomic E-state index is 0.588. The normalized spacial score (nSPS) is 14.2. The number of rotatable bonds is 1. The van der Waals surface area contributed by atoms with Crippen LogP contribution in [0.25, 0.3) is 0 Å². The zero-order chi connectivity index (χ0) is 10.1. The number of hydrogen-bond donors (Lipinski definition) is 1. The lowest BCUT2D eigenvalue weighted by molar-refractivity contribution is -0.206. The third-order valence-corrected chi connectivity index (χ3v) is 1.35. The summed E-state index contributed by atoms with van der Waals surface area (Å²) < 4.78 is 48.0. The summed E-state index contributed by atoms with van der Waals surface area (Å²) in [5.74, 6) is -0.916. The molecule has 0 saturated heterocycles. The fourth-order valence-electron chi connectivity index (χ4n) is 0.767. The van der Waals surface area contributed by atoms with Gasteiger partial charge in [0.25, 0.3) is 0 Å². The van der Waals surface area contributed by atoms with E-state index in [9.17, 15) is 17.6 Å². The molecule has 1 atom stereocenters. The predicted octanol–water partition coefficient (Wildman–Crippen LogP) is 1.82. The Hall–Kier alpha value is -1.17. The van der Waals surface area contributed by atoms with Crippen LogP contribution >= 0.6 is 0 Å². The van der Waals surface area contributed by atoms with Crippen molar-refractivity contribution >= 4 is 0 Å². The molecule has 0 amide bonds. The first kappa shape index (κ1) is 9.91. The number of aliphatic hydroxyl groups is 1. The average Bonchev–Trinajstić information content (AvgIpc) is 2.01. The van der Waals surface area contributed by atoms with E-state index in [0.29, 0.717) is 6.07 Å². The number of nitrogens with zero attached hydrogens (tertiary/aromatic N) is 1. The van der Waals surface area contributed by atoms with Crippen molar-refractivity contribution in [3.8, 4) is 0 Å². The summed E-state index contributed by atoms with van der Waals surface area (Å²) >= 11 is 0. The van der Waals surface area contributed by atoms with Crippen LogP contribution in [0.5, 0.6) is 0 Å². The van der Waals surface area contributed by atoms with Crippen molar-refractivity contribution in [2.45, 2.75) is 12.3 Å². The Bertz CT molecular complexity index is 299. The molecule has 2 nitrogen and oxygen atoms in total. The fraction of sp³-hybridized carbons (Fsp3) is 0.286. The molecule has 1 heterocycles. The molecule has 0 unspecified atom stereocenters. The lowest BCUT2D eigenvalue weighted by atomic mass is 10.1. The average molecular weight is 195 g/mol. The van der Waals surface area contributed by atoms with Crippen molar-refractivity contribution in [1.82, 2.24) is 4.98 Å². The molecule has 13 heavy (non-hydrogen) atoms. The van der Waals surface area contributed by atoms with Crippen molar-refractivity contribution < 1.29 is 22.7 Å². The van der Waals surface area contributed by atoms with Crippen molar-refractivity contribution in [1.29, 1.82) is 0 Å². The first-order valence-corrected chi connectivity index (χ1v) is 3.26. The van der Waals surface area contributed by atoms with Gasteiger partial charge in [0.1, 0.15) is 5.82 Å². The van der Waals surface area contributed by atoms with Crippen LogP contribution in [0.1, 0.15) is 11.7 Å². The largest absolute Gasteiger partial charge is 0.418 e. The highest BCUT2D eigenvalue weighted by Gasteiger charge is 2.39. The molecule has 72 valence electrons. The van der Waals surface area contributed by atoms with Crippen LogP contribution in [0.3, 0.4) is 0 Å².